The van der Waals surface area contributed by atoms with E-state index in [1.807, 2.05) is 54.6 Å². The molecule has 3 rings (SSSR count). The van der Waals surface area contributed by atoms with Crippen LogP contribution in [0.5, 0.6) is 11.5 Å². The second-order valence-electron chi connectivity index (χ2n) is 8.65. The fourth-order valence-electron chi connectivity index (χ4n) is 3.72. The van der Waals surface area contributed by atoms with E-state index >= 15 is 0 Å². The Morgan fingerprint density at radius 2 is 1.46 bits per heavy atom. The largest absolute Gasteiger partial charge is 0.494 e. The lowest BCUT2D eigenvalue weighted by Crippen LogP contribution is -2.21. The number of nitrogens with one attached hydrogen (secondary N) is 2. The number of hydrogen-bond donors (Lipinski definition) is 2. The molecule has 35 heavy (non-hydrogen) atoms. The standard InChI is InChI=1S/C30H38N2O3/c1-2-3-4-5-9-21-35-29-16-10-15-27(23-29)31-24-30(33)32-26-17-19-28(20-18-26)34-22-11-14-25-12-7-6-8-13-25/h6-8,10,12-13,15-20,23,31H,2-5,9,11,14,21-22,24H2,1H3,(H,32,33). The highest BCUT2D eigenvalue weighted by Gasteiger charge is 2.04. The molecule has 0 aromatic heterocycles. The molecule has 0 bridgehead atoms. The molecule has 0 aliphatic rings. The van der Waals surface area contributed by atoms with Gasteiger partial charge in [-0.3, -0.25) is 4.79 Å². The number of unbranched alkanes of at least 4 members (excludes halogenated alkanes) is 4. The number of carbonyl (C=O) groups is 1. The Hall–Kier alpha value is -3.47. The first-order valence-electron chi connectivity index (χ1n) is 12.8. The van der Waals surface area contributed by atoms with Crippen molar-refractivity contribution in [1.82, 2.24) is 0 Å². The molecule has 0 spiro atoms. The van der Waals surface area contributed by atoms with Crippen molar-refractivity contribution >= 4 is 17.3 Å². The average Bonchev–Trinajstić information content (AvgIpc) is 2.89. The Morgan fingerprint density at radius 1 is 0.714 bits per heavy atom. The molecule has 0 heterocycles. The minimum atomic E-state index is -0.108. The van der Waals surface area contributed by atoms with Gasteiger partial charge in [0.25, 0.3) is 0 Å². The van der Waals surface area contributed by atoms with Crippen molar-refractivity contribution in [2.75, 3.05) is 30.4 Å². The molecule has 0 saturated carbocycles. The second-order valence-corrected chi connectivity index (χ2v) is 8.65. The van der Waals surface area contributed by atoms with Gasteiger partial charge in [0, 0.05) is 17.4 Å². The smallest absolute Gasteiger partial charge is 0.243 e. The van der Waals surface area contributed by atoms with Crippen molar-refractivity contribution in [2.45, 2.75) is 51.9 Å². The fourth-order valence-corrected chi connectivity index (χ4v) is 3.72. The topological polar surface area (TPSA) is 59.6 Å². The lowest BCUT2D eigenvalue weighted by molar-refractivity contribution is -0.114. The quantitative estimate of drug-likeness (QED) is 0.217. The zero-order valence-corrected chi connectivity index (χ0v) is 20.8. The van der Waals surface area contributed by atoms with E-state index < -0.39 is 0 Å². The Bertz CT molecular complexity index is 990. The van der Waals surface area contributed by atoms with E-state index in [0.29, 0.717) is 6.61 Å². The number of ether oxygens (including phenoxy) is 2. The maximum atomic E-state index is 12.4. The van der Waals surface area contributed by atoms with Crippen LogP contribution in [0.15, 0.2) is 78.9 Å². The van der Waals surface area contributed by atoms with Crippen LogP contribution in [0.3, 0.4) is 0 Å². The third kappa shape index (κ3) is 10.6. The lowest BCUT2D eigenvalue weighted by atomic mass is 10.1. The number of amides is 1. The average molecular weight is 475 g/mol. The van der Waals surface area contributed by atoms with Crippen molar-refractivity contribution in [3.05, 3.63) is 84.4 Å². The monoisotopic (exact) mass is 474 g/mol. The van der Waals surface area contributed by atoms with Gasteiger partial charge in [0.05, 0.1) is 19.8 Å². The second kappa shape index (κ2) is 15.4. The van der Waals surface area contributed by atoms with Crippen LogP contribution in [-0.4, -0.2) is 25.7 Å². The number of anilines is 2. The molecule has 0 aliphatic carbocycles. The lowest BCUT2D eigenvalue weighted by Gasteiger charge is -2.11. The first-order valence-corrected chi connectivity index (χ1v) is 12.8. The van der Waals surface area contributed by atoms with Gasteiger partial charge in [0.1, 0.15) is 11.5 Å². The predicted molar refractivity (Wildman–Crippen MR) is 145 cm³/mol. The normalized spacial score (nSPS) is 10.5. The summed E-state index contributed by atoms with van der Waals surface area (Å²) >= 11 is 0. The molecule has 0 saturated heterocycles. The Labute approximate surface area is 209 Å². The summed E-state index contributed by atoms with van der Waals surface area (Å²) in [6, 6.07) is 25.6. The maximum Gasteiger partial charge on any atom is 0.243 e. The summed E-state index contributed by atoms with van der Waals surface area (Å²) in [7, 11) is 0. The minimum absolute atomic E-state index is 0.108. The zero-order valence-electron chi connectivity index (χ0n) is 20.8. The van der Waals surface area contributed by atoms with Crippen molar-refractivity contribution in [3.8, 4) is 11.5 Å². The number of aryl methyl sites for hydroxylation is 1. The first-order chi connectivity index (χ1) is 17.2. The maximum absolute atomic E-state index is 12.4. The van der Waals surface area contributed by atoms with Crippen molar-refractivity contribution in [1.29, 1.82) is 0 Å². The van der Waals surface area contributed by atoms with Gasteiger partial charge in [-0.15, -0.1) is 0 Å². The Balaban J connectivity index is 1.32. The summed E-state index contributed by atoms with van der Waals surface area (Å²) in [6.45, 7) is 3.78. The number of rotatable bonds is 16. The van der Waals surface area contributed by atoms with Gasteiger partial charge < -0.3 is 20.1 Å². The van der Waals surface area contributed by atoms with Crippen LogP contribution in [0, 0.1) is 0 Å². The molecule has 0 aliphatic heterocycles. The summed E-state index contributed by atoms with van der Waals surface area (Å²) in [4.78, 5) is 12.4. The molecule has 1 amide bonds. The first kappa shape index (κ1) is 26.1. The molecule has 2 N–H and O–H groups in total. The molecule has 186 valence electrons. The molecule has 0 atom stereocenters. The highest BCUT2D eigenvalue weighted by Crippen LogP contribution is 2.19. The molecule has 0 radical (unpaired) electrons. The number of benzene rings is 3. The van der Waals surface area contributed by atoms with Crippen LogP contribution in [0.2, 0.25) is 0 Å². The van der Waals surface area contributed by atoms with E-state index in [4.69, 9.17) is 9.47 Å². The third-order valence-electron chi connectivity index (χ3n) is 5.66. The van der Waals surface area contributed by atoms with Crippen LogP contribution in [0.4, 0.5) is 11.4 Å². The molecule has 3 aromatic rings. The van der Waals surface area contributed by atoms with Gasteiger partial charge in [-0.05, 0) is 61.2 Å². The number of carbonyl (C=O) groups excluding carboxylic acids is 1. The van der Waals surface area contributed by atoms with E-state index in [1.165, 1.54) is 31.2 Å². The van der Waals surface area contributed by atoms with Crippen LogP contribution in [0.25, 0.3) is 0 Å². The molecule has 3 aromatic carbocycles. The van der Waals surface area contributed by atoms with Gasteiger partial charge in [-0.25, -0.2) is 0 Å². The third-order valence-corrected chi connectivity index (χ3v) is 5.66. The van der Waals surface area contributed by atoms with Gasteiger partial charge in [-0.1, -0.05) is 69.0 Å². The number of hydrogen-bond acceptors (Lipinski definition) is 4. The van der Waals surface area contributed by atoms with Crippen LogP contribution >= 0.6 is 0 Å². The molecule has 0 fully saturated rings. The summed E-state index contributed by atoms with van der Waals surface area (Å²) in [6.07, 6.45) is 8.02. The predicted octanol–water partition coefficient (Wildman–Crippen LogP) is 7.10. The molecular weight excluding hydrogens is 436 g/mol. The van der Waals surface area contributed by atoms with Gasteiger partial charge >= 0.3 is 0 Å². The summed E-state index contributed by atoms with van der Waals surface area (Å²) < 4.78 is 11.7. The van der Waals surface area contributed by atoms with E-state index in [1.54, 1.807) is 0 Å². The Morgan fingerprint density at radius 3 is 2.26 bits per heavy atom. The van der Waals surface area contributed by atoms with Crippen molar-refractivity contribution < 1.29 is 14.3 Å². The van der Waals surface area contributed by atoms with Gasteiger partial charge in [0.15, 0.2) is 0 Å². The van der Waals surface area contributed by atoms with Crippen LogP contribution < -0.4 is 20.1 Å². The van der Waals surface area contributed by atoms with Crippen LogP contribution in [-0.2, 0) is 11.2 Å². The van der Waals surface area contributed by atoms with Gasteiger partial charge in [-0.2, -0.15) is 0 Å². The fraction of sp³-hybridized carbons (Fsp3) is 0.367. The zero-order chi connectivity index (χ0) is 24.6. The van der Waals surface area contributed by atoms with E-state index in [9.17, 15) is 4.79 Å². The molecule has 5 heteroatoms. The van der Waals surface area contributed by atoms with E-state index in [2.05, 4.69) is 41.8 Å². The SMILES string of the molecule is CCCCCCCOc1cccc(NCC(=O)Nc2ccc(OCCCc3ccccc3)cc2)c1. The summed E-state index contributed by atoms with van der Waals surface area (Å²) in [5.41, 5.74) is 2.93. The summed E-state index contributed by atoms with van der Waals surface area (Å²) in [5, 5.41) is 6.08. The Kier molecular flexibility index (Phi) is 11.5. The molecule has 0 unspecified atom stereocenters. The minimum Gasteiger partial charge on any atom is -0.494 e. The highest BCUT2D eigenvalue weighted by molar-refractivity contribution is 5.93. The van der Waals surface area contributed by atoms with Gasteiger partial charge in [0.2, 0.25) is 5.91 Å². The highest BCUT2D eigenvalue weighted by atomic mass is 16.5. The van der Waals surface area contributed by atoms with E-state index in [0.717, 1.165) is 48.7 Å². The van der Waals surface area contributed by atoms with E-state index in [-0.39, 0.29) is 12.5 Å². The van der Waals surface area contributed by atoms with Crippen molar-refractivity contribution in [3.63, 3.8) is 0 Å². The molecular formula is C30H38N2O3. The molecule has 5 nitrogen and oxygen atoms in total. The van der Waals surface area contributed by atoms with Crippen molar-refractivity contribution in [2.24, 2.45) is 0 Å². The summed E-state index contributed by atoms with van der Waals surface area (Å²) in [5.74, 6) is 1.52. The van der Waals surface area contributed by atoms with Crippen LogP contribution in [0.1, 0.15) is 51.0 Å².